The van der Waals surface area contributed by atoms with E-state index < -0.39 is 0 Å². The molecule has 2 aromatic heterocycles. The first-order valence-corrected chi connectivity index (χ1v) is 6.28. The van der Waals surface area contributed by atoms with Crippen LogP contribution in [0.25, 0.3) is 5.65 Å². The summed E-state index contributed by atoms with van der Waals surface area (Å²) in [5.41, 5.74) is 0.750. The molecule has 0 aromatic carbocycles. The Bertz CT molecular complexity index is 510. The fourth-order valence-electron chi connectivity index (χ4n) is 1.86. The Hall–Kier alpha value is -1.69. The van der Waals surface area contributed by atoms with E-state index in [1.165, 1.54) is 4.63 Å². The monoisotopic (exact) mass is 249 g/mol. The minimum Gasteiger partial charge on any atom is -0.396 e. The van der Waals surface area contributed by atoms with Gasteiger partial charge in [0.25, 0.3) is 0 Å². The summed E-state index contributed by atoms with van der Waals surface area (Å²) in [6, 6.07) is 3.79. The van der Waals surface area contributed by atoms with Crippen LogP contribution in [0, 0.1) is 12.8 Å². The molecule has 2 rings (SSSR count). The maximum Gasteiger partial charge on any atom is 0.176 e. The minimum atomic E-state index is 0.231. The van der Waals surface area contributed by atoms with Gasteiger partial charge in [0.1, 0.15) is 11.6 Å². The number of aryl methyl sites for hydroxylation is 1. The second-order valence-corrected chi connectivity index (χ2v) is 4.39. The summed E-state index contributed by atoms with van der Waals surface area (Å²) < 4.78 is 1.53. The Labute approximate surface area is 106 Å². The molecule has 2 N–H and O–H groups in total. The quantitative estimate of drug-likeness (QED) is 0.806. The van der Waals surface area contributed by atoms with E-state index in [9.17, 15) is 0 Å². The van der Waals surface area contributed by atoms with Crippen LogP contribution in [0.1, 0.15) is 25.6 Å². The molecule has 0 unspecified atom stereocenters. The molecule has 1 atom stereocenters. The van der Waals surface area contributed by atoms with E-state index in [1.807, 2.05) is 19.1 Å². The molecule has 2 aromatic rings. The molecule has 2 heterocycles. The van der Waals surface area contributed by atoms with E-state index >= 15 is 0 Å². The third kappa shape index (κ3) is 2.95. The second-order valence-electron chi connectivity index (χ2n) is 4.39. The molecule has 6 nitrogen and oxygen atoms in total. The summed E-state index contributed by atoms with van der Waals surface area (Å²) in [5.74, 6) is 1.96. The second kappa shape index (κ2) is 5.77. The predicted molar refractivity (Wildman–Crippen MR) is 69.5 cm³/mol. The van der Waals surface area contributed by atoms with Crippen molar-refractivity contribution in [2.45, 2.75) is 26.7 Å². The molecule has 0 saturated carbocycles. The molecular weight excluding hydrogens is 230 g/mol. The van der Waals surface area contributed by atoms with E-state index in [1.54, 1.807) is 0 Å². The molecule has 0 amide bonds. The van der Waals surface area contributed by atoms with Crippen LogP contribution >= 0.6 is 0 Å². The summed E-state index contributed by atoms with van der Waals surface area (Å²) in [7, 11) is 0. The van der Waals surface area contributed by atoms with Crippen LogP contribution in [0.4, 0.5) is 5.82 Å². The zero-order valence-electron chi connectivity index (χ0n) is 10.8. The van der Waals surface area contributed by atoms with Gasteiger partial charge in [0, 0.05) is 13.2 Å². The molecule has 0 aliphatic rings. The third-order valence-corrected chi connectivity index (χ3v) is 3.00. The van der Waals surface area contributed by atoms with Crippen LogP contribution in [-0.4, -0.2) is 38.1 Å². The number of fused-ring (bicyclic) bond motifs is 1. The zero-order valence-corrected chi connectivity index (χ0v) is 10.8. The van der Waals surface area contributed by atoms with Crippen LogP contribution in [0.15, 0.2) is 12.1 Å². The van der Waals surface area contributed by atoms with Gasteiger partial charge in [-0.25, -0.2) is 4.98 Å². The summed E-state index contributed by atoms with van der Waals surface area (Å²) in [5, 5.41) is 20.7. The summed E-state index contributed by atoms with van der Waals surface area (Å²) >= 11 is 0. The Kier molecular flexibility index (Phi) is 4.09. The minimum absolute atomic E-state index is 0.231. The average Bonchev–Trinajstić information content (AvgIpc) is 2.73. The van der Waals surface area contributed by atoms with Crippen molar-refractivity contribution >= 4 is 11.5 Å². The van der Waals surface area contributed by atoms with Crippen molar-refractivity contribution in [2.24, 2.45) is 5.92 Å². The van der Waals surface area contributed by atoms with Crippen molar-refractivity contribution in [2.75, 3.05) is 18.5 Å². The number of nitrogens with one attached hydrogen (secondary N) is 1. The fourth-order valence-corrected chi connectivity index (χ4v) is 1.86. The number of anilines is 1. The van der Waals surface area contributed by atoms with E-state index in [0.717, 1.165) is 30.9 Å². The zero-order chi connectivity index (χ0) is 13.0. The number of hydrogen-bond donors (Lipinski definition) is 2. The lowest BCUT2D eigenvalue weighted by Gasteiger charge is -2.14. The molecular formula is C12H19N5O. The van der Waals surface area contributed by atoms with Crippen molar-refractivity contribution in [1.29, 1.82) is 0 Å². The van der Waals surface area contributed by atoms with Crippen LogP contribution in [0.2, 0.25) is 0 Å². The topological polar surface area (TPSA) is 75.3 Å². The third-order valence-electron chi connectivity index (χ3n) is 3.00. The molecule has 6 heteroatoms. The van der Waals surface area contributed by atoms with Gasteiger partial charge in [0.15, 0.2) is 5.65 Å². The van der Waals surface area contributed by atoms with Gasteiger partial charge in [-0.3, -0.25) is 0 Å². The SMILES string of the molecule is CC[C@@H](CCO)CNc1ccc2nc(C)nn2n1. The van der Waals surface area contributed by atoms with Crippen molar-refractivity contribution in [3.05, 3.63) is 18.0 Å². The largest absolute Gasteiger partial charge is 0.396 e. The molecule has 0 fully saturated rings. The van der Waals surface area contributed by atoms with Gasteiger partial charge in [-0.1, -0.05) is 13.3 Å². The van der Waals surface area contributed by atoms with E-state index in [0.29, 0.717) is 11.7 Å². The highest BCUT2D eigenvalue weighted by Gasteiger charge is 2.07. The van der Waals surface area contributed by atoms with Crippen LogP contribution in [-0.2, 0) is 0 Å². The summed E-state index contributed by atoms with van der Waals surface area (Å²) in [4.78, 5) is 4.22. The number of rotatable bonds is 6. The first-order valence-electron chi connectivity index (χ1n) is 6.28. The number of hydrogen-bond acceptors (Lipinski definition) is 5. The van der Waals surface area contributed by atoms with Gasteiger partial charge >= 0.3 is 0 Å². The van der Waals surface area contributed by atoms with E-state index in [-0.39, 0.29) is 6.61 Å². The maximum atomic E-state index is 8.94. The Morgan fingerprint density at radius 2 is 2.22 bits per heavy atom. The lowest BCUT2D eigenvalue weighted by Crippen LogP contribution is -2.16. The molecule has 18 heavy (non-hydrogen) atoms. The standard InChI is InChI=1S/C12H19N5O/c1-3-10(6-7-18)8-13-11-4-5-12-14-9(2)15-17(12)16-11/h4-5,10,18H,3,6-8H2,1-2H3,(H,13,16)/t10-/m0/s1. The lowest BCUT2D eigenvalue weighted by molar-refractivity contribution is 0.258. The van der Waals surface area contributed by atoms with Gasteiger partial charge in [-0.2, -0.15) is 0 Å². The highest BCUT2D eigenvalue weighted by Crippen LogP contribution is 2.10. The van der Waals surface area contributed by atoms with Crippen molar-refractivity contribution in [3.8, 4) is 0 Å². The van der Waals surface area contributed by atoms with Crippen LogP contribution in [0.5, 0.6) is 0 Å². The summed E-state index contributed by atoms with van der Waals surface area (Å²) in [6.07, 6.45) is 1.85. The van der Waals surface area contributed by atoms with Crippen molar-refractivity contribution < 1.29 is 5.11 Å². The number of nitrogens with zero attached hydrogens (tertiary/aromatic N) is 4. The first kappa shape index (κ1) is 12.8. The van der Waals surface area contributed by atoms with Crippen molar-refractivity contribution in [3.63, 3.8) is 0 Å². The normalized spacial score (nSPS) is 12.8. The first-order chi connectivity index (χ1) is 8.72. The maximum absolute atomic E-state index is 8.94. The number of aliphatic hydroxyl groups excluding tert-OH is 1. The van der Waals surface area contributed by atoms with E-state index in [2.05, 4.69) is 27.4 Å². The predicted octanol–water partition coefficient (Wildman–Crippen LogP) is 1.25. The lowest BCUT2D eigenvalue weighted by atomic mass is 10.0. The Balaban J connectivity index is 2.02. The number of aliphatic hydroxyl groups is 1. The average molecular weight is 249 g/mol. The Morgan fingerprint density at radius 3 is 2.94 bits per heavy atom. The van der Waals surface area contributed by atoms with Crippen LogP contribution in [0.3, 0.4) is 0 Å². The molecule has 0 spiro atoms. The van der Waals surface area contributed by atoms with Crippen LogP contribution < -0.4 is 5.32 Å². The molecule has 98 valence electrons. The highest BCUT2D eigenvalue weighted by atomic mass is 16.3. The van der Waals surface area contributed by atoms with E-state index in [4.69, 9.17) is 5.11 Å². The van der Waals surface area contributed by atoms with Crippen molar-refractivity contribution in [1.82, 2.24) is 19.8 Å². The fraction of sp³-hybridized carbons (Fsp3) is 0.583. The molecule has 0 aliphatic heterocycles. The molecule has 0 radical (unpaired) electrons. The van der Waals surface area contributed by atoms with Gasteiger partial charge in [0.2, 0.25) is 0 Å². The molecule has 0 saturated heterocycles. The van der Waals surface area contributed by atoms with Gasteiger partial charge in [0.05, 0.1) is 0 Å². The Morgan fingerprint density at radius 1 is 1.39 bits per heavy atom. The highest BCUT2D eigenvalue weighted by molar-refractivity contribution is 5.43. The van der Waals surface area contributed by atoms with Gasteiger partial charge < -0.3 is 10.4 Å². The number of aromatic nitrogens is 4. The molecule has 0 aliphatic carbocycles. The van der Waals surface area contributed by atoms with Gasteiger partial charge in [-0.05, 0) is 31.4 Å². The molecule has 0 bridgehead atoms. The summed E-state index contributed by atoms with van der Waals surface area (Å²) in [6.45, 7) is 5.01. The smallest absolute Gasteiger partial charge is 0.176 e. The van der Waals surface area contributed by atoms with Gasteiger partial charge in [-0.15, -0.1) is 14.8 Å².